The van der Waals surface area contributed by atoms with Gasteiger partial charge < -0.3 is 16.4 Å². The Balaban J connectivity index is 1.51. The van der Waals surface area contributed by atoms with Crippen LogP contribution >= 0.6 is 0 Å². The highest BCUT2D eigenvalue weighted by Gasteiger charge is 2.37. The van der Waals surface area contributed by atoms with Gasteiger partial charge in [-0.25, -0.2) is 4.98 Å². The maximum Gasteiger partial charge on any atom is 0.242 e. The van der Waals surface area contributed by atoms with Gasteiger partial charge in [0.1, 0.15) is 11.9 Å². The summed E-state index contributed by atoms with van der Waals surface area (Å²) in [4.78, 5) is 29.6. The zero-order valence-corrected chi connectivity index (χ0v) is 18.7. The first kappa shape index (κ1) is 22.8. The Morgan fingerprint density at radius 1 is 1.13 bits per heavy atom. The summed E-state index contributed by atoms with van der Waals surface area (Å²) in [5.41, 5.74) is 8.70. The zero-order chi connectivity index (χ0) is 22.4. The average Bonchev–Trinajstić information content (AvgIpc) is 3.16. The molecule has 166 valence electrons. The van der Waals surface area contributed by atoms with Crippen LogP contribution in [0.25, 0.3) is 0 Å². The van der Waals surface area contributed by atoms with Crippen LogP contribution in [0.2, 0.25) is 0 Å². The third kappa shape index (κ3) is 6.06. The molecule has 6 heteroatoms. The smallest absolute Gasteiger partial charge is 0.242 e. The molecule has 1 heterocycles. The monoisotopic (exact) mass is 422 g/mol. The quantitative estimate of drug-likeness (QED) is 0.607. The minimum Gasteiger partial charge on any atom is -0.384 e. The minimum absolute atomic E-state index is 0.0120. The molecule has 2 aromatic rings. The van der Waals surface area contributed by atoms with Crippen molar-refractivity contribution in [2.75, 3.05) is 5.73 Å². The molecule has 0 unspecified atom stereocenters. The number of rotatable bonds is 8. The van der Waals surface area contributed by atoms with E-state index in [1.54, 1.807) is 13.0 Å². The van der Waals surface area contributed by atoms with E-state index in [0.29, 0.717) is 24.2 Å². The molecule has 1 aliphatic carbocycles. The summed E-state index contributed by atoms with van der Waals surface area (Å²) >= 11 is 0. The van der Waals surface area contributed by atoms with E-state index >= 15 is 0 Å². The van der Waals surface area contributed by atoms with Gasteiger partial charge in [0, 0.05) is 18.2 Å². The number of carbonyl (C=O) groups is 2. The van der Waals surface area contributed by atoms with Gasteiger partial charge in [0.05, 0.1) is 0 Å². The van der Waals surface area contributed by atoms with Gasteiger partial charge in [-0.1, -0.05) is 49.7 Å². The molecule has 1 aliphatic rings. The van der Waals surface area contributed by atoms with Crippen LogP contribution in [0.3, 0.4) is 0 Å². The lowest BCUT2D eigenvalue weighted by molar-refractivity contribution is -0.130. The van der Waals surface area contributed by atoms with Crippen LogP contribution in [0.15, 0.2) is 42.5 Å². The molecule has 4 N–H and O–H groups in total. The van der Waals surface area contributed by atoms with Gasteiger partial charge in [0.25, 0.3) is 0 Å². The summed E-state index contributed by atoms with van der Waals surface area (Å²) < 4.78 is 0. The van der Waals surface area contributed by atoms with Crippen molar-refractivity contribution >= 4 is 17.6 Å². The van der Waals surface area contributed by atoms with Crippen molar-refractivity contribution in [1.82, 2.24) is 15.6 Å². The first-order valence-electron chi connectivity index (χ1n) is 11.2. The predicted octanol–water partition coefficient (Wildman–Crippen LogP) is 3.39. The fourth-order valence-electron chi connectivity index (χ4n) is 4.62. The number of nitrogens with two attached hydrogens (primary N) is 1. The van der Waals surface area contributed by atoms with Crippen LogP contribution in [0, 0.1) is 24.7 Å². The molecule has 6 nitrogen and oxygen atoms in total. The molecule has 0 aliphatic heterocycles. The Morgan fingerprint density at radius 3 is 2.52 bits per heavy atom. The molecule has 1 aromatic carbocycles. The Bertz CT molecular complexity index is 900. The van der Waals surface area contributed by atoms with Crippen molar-refractivity contribution < 1.29 is 9.59 Å². The second-order valence-corrected chi connectivity index (χ2v) is 8.72. The molecule has 0 radical (unpaired) electrons. The maximum absolute atomic E-state index is 12.9. The average molecular weight is 423 g/mol. The summed E-state index contributed by atoms with van der Waals surface area (Å²) in [6.07, 6.45) is 3.86. The molecule has 0 bridgehead atoms. The van der Waals surface area contributed by atoms with Crippen LogP contribution in [-0.2, 0) is 22.6 Å². The lowest BCUT2D eigenvalue weighted by atomic mass is 9.88. The molecule has 1 fully saturated rings. The Hall–Kier alpha value is -2.89. The fraction of sp³-hybridized carbons (Fsp3) is 0.480. The number of benzene rings is 1. The normalized spacial score (nSPS) is 21.5. The Labute approximate surface area is 185 Å². The number of aryl methyl sites for hydroxylation is 1. The van der Waals surface area contributed by atoms with E-state index in [0.717, 1.165) is 36.9 Å². The van der Waals surface area contributed by atoms with Crippen molar-refractivity contribution in [3.8, 4) is 0 Å². The third-order valence-corrected chi connectivity index (χ3v) is 6.50. The van der Waals surface area contributed by atoms with Crippen molar-refractivity contribution in [3.05, 3.63) is 59.3 Å². The van der Waals surface area contributed by atoms with E-state index in [1.165, 1.54) is 5.56 Å². The number of aromatic nitrogens is 1. The van der Waals surface area contributed by atoms with Crippen molar-refractivity contribution in [2.24, 2.45) is 17.8 Å². The molecule has 3 rings (SSSR count). The fourth-order valence-corrected chi connectivity index (χ4v) is 4.62. The maximum atomic E-state index is 12.9. The minimum atomic E-state index is -0.581. The van der Waals surface area contributed by atoms with Crippen molar-refractivity contribution in [1.29, 1.82) is 0 Å². The lowest BCUT2D eigenvalue weighted by Gasteiger charge is -2.18. The molecule has 1 saturated carbocycles. The molecule has 0 spiro atoms. The largest absolute Gasteiger partial charge is 0.384 e. The highest BCUT2D eigenvalue weighted by atomic mass is 16.2. The van der Waals surface area contributed by atoms with Gasteiger partial charge in [-0.2, -0.15) is 0 Å². The van der Waals surface area contributed by atoms with Gasteiger partial charge >= 0.3 is 0 Å². The molecule has 1 aromatic heterocycles. The van der Waals surface area contributed by atoms with Crippen LogP contribution in [0.1, 0.15) is 49.9 Å². The van der Waals surface area contributed by atoms with E-state index in [-0.39, 0.29) is 17.7 Å². The highest BCUT2D eigenvalue weighted by molar-refractivity contribution is 5.88. The number of pyridine rings is 1. The first-order valence-corrected chi connectivity index (χ1v) is 11.2. The van der Waals surface area contributed by atoms with E-state index < -0.39 is 6.04 Å². The summed E-state index contributed by atoms with van der Waals surface area (Å²) in [6.45, 7) is 6.15. The first-order chi connectivity index (χ1) is 14.9. The van der Waals surface area contributed by atoms with Crippen molar-refractivity contribution in [3.63, 3.8) is 0 Å². The molecule has 2 amide bonds. The number of nitrogen functional groups attached to an aromatic ring is 1. The van der Waals surface area contributed by atoms with Gasteiger partial charge in [-0.15, -0.1) is 0 Å². The second-order valence-electron chi connectivity index (χ2n) is 8.72. The summed E-state index contributed by atoms with van der Waals surface area (Å²) in [5.74, 6) is 1.27. The molecular formula is C25H34N4O2. The van der Waals surface area contributed by atoms with Gasteiger partial charge in [-0.05, 0) is 62.1 Å². The summed E-state index contributed by atoms with van der Waals surface area (Å²) in [5, 5.41) is 5.81. The number of nitrogens with zero attached hydrogens (tertiary/aromatic N) is 1. The van der Waals surface area contributed by atoms with Crippen LogP contribution < -0.4 is 16.4 Å². The van der Waals surface area contributed by atoms with E-state index in [4.69, 9.17) is 5.73 Å². The van der Waals surface area contributed by atoms with Crippen molar-refractivity contribution in [2.45, 2.75) is 59.0 Å². The van der Waals surface area contributed by atoms with E-state index in [1.807, 2.05) is 19.1 Å². The lowest BCUT2D eigenvalue weighted by Crippen LogP contribution is -2.46. The predicted molar refractivity (Wildman–Crippen MR) is 123 cm³/mol. The molecular weight excluding hydrogens is 388 g/mol. The zero-order valence-electron chi connectivity index (χ0n) is 18.7. The topological polar surface area (TPSA) is 97.1 Å². The number of carbonyl (C=O) groups excluding carboxylic acids is 2. The van der Waals surface area contributed by atoms with E-state index in [9.17, 15) is 9.59 Å². The number of amides is 2. The van der Waals surface area contributed by atoms with Gasteiger partial charge in [0.15, 0.2) is 0 Å². The Kier molecular flexibility index (Phi) is 7.66. The molecule has 4 atom stereocenters. The number of anilines is 1. The highest BCUT2D eigenvalue weighted by Crippen LogP contribution is 2.40. The van der Waals surface area contributed by atoms with Crippen LogP contribution in [0.4, 0.5) is 5.82 Å². The number of hydrogen-bond acceptors (Lipinski definition) is 4. The number of nitrogens with one attached hydrogen (secondary N) is 2. The summed E-state index contributed by atoms with van der Waals surface area (Å²) in [6, 6.07) is 13.5. The number of hydrogen-bond donors (Lipinski definition) is 3. The van der Waals surface area contributed by atoms with Gasteiger partial charge in [0.2, 0.25) is 11.8 Å². The third-order valence-electron chi connectivity index (χ3n) is 6.50. The van der Waals surface area contributed by atoms with Gasteiger partial charge in [-0.3, -0.25) is 9.59 Å². The van der Waals surface area contributed by atoms with Crippen LogP contribution in [-0.4, -0.2) is 22.8 Å². The molecule has 0 saturated heterocycles. The summed E-state index contributed by atoms with van der Waals surface area (Å²) in [7, 11) is 0. The second kappa shape index (κ2) is 10.4. The van der Waals surface area contributed by atoms with Crippen LogP contribution in [0.5, 0.6) is 0 Å². The molecule has 31 heavy (non-hydrogen) atoms. The Morgan fingerprint density at radius 2 is 1.84 bits per heavy atom. The SMILES string of the molecule is CC[C@H]1C[C@@H](C(=O)N[C@@H](C)C(=O)NCc2ccc(N)nc2C)C[C@@H]1Cc1ccccc1. The standard InChI is InChI=1S/C25H34N4O2/c1-4-19-13-22(14-21(19)12-18-8-6-5-7-9-18)25(31)29-17(3)24(30)27-15-20-10-11-23(26)28-16(20)2/h5-11,17,19,21-22H,4,12-15H2,1-3H3,(H2,26,28)(H,27,30)(H,29,31)/t17-,19-,21-,22+/m0/s1. The van der Waals surface area contributed by atoms with E-state index in [2.05, 4.69) is 46.8 Å².